The van der Waals surface area contributed by atoms with Crippen molar-refractivity contribution in [2.75, 3.05) is 31.6 Å². The number of hydrogen-bond donors (Lipinski definition) is 1. The number of nitrogens with zero attached hydrogens (tertiary/aromatic N) is 4. The highest BCUT2D eigenvalue weighted by atomic mass is 19.4. The van der Waals surface area contributed by atoms with Crippen molar-refractivity contribution < 1.29 is 22.7 Å². The van der Waals surface area contributed by atoms with E-state index in [0.29, 0.717) is 43.5 Å². The lowest BCUT2D eigenvalue weighted by molar-refractivity contribution is -0.137. The number of benzene rings is 1. The van der Waals surface area contributed by atoms with E-state index in [1.165, 1.54) is 6.92 Å². The van der Waals surface area contributed by atoms with Gasteiger partial charge in [0.2, 0.25) is 0 Å². The number of anilines is 1. The first-order valence-corrected chi connectivity index (χ1v) is 9.50. The Labute approximate surface area is 166 Å². The lowest BCUT2D eigenvalue weighted by Gasteiger charge is -2.38. The van der Waals surface area contributed by atoms with Crippen LogP contribution in [-0.4, -0.2) is 59.1 Å². The molecule has 2 aromatic rings. The van der Waals surface area contributed by atoms with Gasteiger partial charge in [-0.3, -0.25) is 0 Å². The summed E-state index contributed by atoms with van der Waals surface area (Å²) in [7, 11) is 1.89. The molecule has 1 fully saturated rings. The van der Waals surface area contributed by atoms with E-state index in [1.54, 1.807) is 6.07 Å². The molecule has 2 aliphatic rings. The summed E-state index contributed by atoms with van der Waals surface area (Å²) in [6, 6.07) is 3.47. The van der Waals surface area contributed by atoms with Gasteiger partial charge in [0.1, 0.15) is 11.9 Å². The molecule has 0 radical (unpaired) electrons. The number of piperidine rings is 1. The first kappa shape index (κ1) is 19.9. The molecule has 0 aliphatic carbocycles. The zero-order valence-electron chi connectivity index (χ0n) is 16.2. The van der Waals surface area contributed by atoms with Crippen molar-refractivity contribution in [3.05, 3.63) is 34.9 Å². The highest BCUT2D eigenvalue weighted by Crippen LogP contribution is 2.40. The molecule has 1 N–H and O–H groups in total. The highest BCUT2D eigenvalue weighted by Gasteiger charge is 2.35. The fourth-order valence-electron chi connectivity index (χ4n) is 4.38. The van der Waals surface area contributed by atoms with Gasteiger partial charge in [0.15, 0.2) is 5.82 Å². The standard InChI is InChI=1S/C20H22F4N4O/c1-11-5-13(20(22,23)24)7-17(29)18(11)16-6-12-3-4-28(19(12)26-25-16)15-8-14(21)9-27(2)10-15/h5-7,14-15,29H,3-4,8-10H2,1-2H3/t14-,15-/m1/s1. The van der Waals surface area contributed by atoms with Gasteiger partial charge in [-0.2, -0.15) is 13.2 Å². The van der Waals surface area contributed by atoms with Gasteiger partial charge < -0.3 is 14.9 Å². The Morgan fingerprint density at radius 2 is 1.90 bits per heavy atom. The summed E-state index contributed by atoms with van der Waals surface area (Å²) in [5.41, 5.74) is 0.845. The van der Waals surface area contributed by atoms with Crippen LogP contribution in [0.2, 0.25) is 0 Å². The largest absolute Gasteiger partial charge is 0.507 e. The van der Waals surface area contributed by atoms with E-state index in [-0.39, 0.29) is 17.2 Å². The lowest BCUT2D eigenvalue weighted by Crippen LogP contribution is -2.50. The predicted octanol–water partition coefficient (Wildman–Crippen LogP) is 3.58. The number of rotatable bonds is 2. The second-order valence-corrected chi connectivity index (χ2v) is 7.91. The van der Waals surface area contributed by atoms with E-state index in [4.69, 9.17) is 0 Å². The fraction of sp³-hybridized carbons (Fsp3) is 0.500. The molecule has 0 amide bonds. The van der Waals surface area contributed by atoms with E-state index in [1.807, 2.05) is 11.9 Å². The SMILES string of the molecule is Cc1cc(C(F)(F)F)cc(O)c1-c1cc2c(nn1)N([C@@H]1C[C@@H](F)CN(C)C1)CC2. The molecular formula is C20H22F4N4O. The molecule has 0 spiro atoms. The van der Waals surface area contributed by atoms with Crippen molar-refractivity contribution in [2.24, 2.45) is 0 Å². The summed E-state index contributed by atoms with van der Waals surface area (Å²) in [5.74, 6) is 0.209. The van der Waals surface area contributed by atoms with E-state index in [0.717, 1.165) is 18.2 Å². The van der Waals surface area contributed by atoms with Crippen molar-refractivity contribution in [1.29, 1.82) is 0 Å². The number of hydrogen-bond acceptors (Lipinski definition) is 5. The molecule has 3 heterocycles. The number of fused-ring (bicyclic) bond motifs is 1. The molecule has 0 unspecified atom stereocenters. The molecule has 4 rings (SSSR count). The van der Waals surface area contributed by atoms with Gasteiger partial charge in [0, 0.05) is 43.2 Å². The maximum atomic E-state index is 14.0. The first-order chi connectivity index (χ1) is 13.6. The fourth-order valence-corrected chi connectivity index (χ4v) is 4.38. The number of alkyl halides is 4. The average molecular weight is 410 g/mol. The second-order valence-electron chi connectivity index (χ2n) is 7.91. The molecule has 1 aromatic heterocycles. The van der Waals surface area contributed by atoms with Crippen LogP contribution in [0.25, 0.3) is 11.3 Å². The van der Waals surface area contributed by atoms with Crippen molar-refractivity contribution in [2.45, 2.75) is 38.2 Å². The summed E-state index contributed by atoms with van der Waals surface area (Å²) in [6.45, 7) is 3.36. The zero-order valence-corrected chi connectivity index (χ0v) is 16.2. The van der Waals surface area contributed by atoms with E-state index in [9.17, 15) is 22.7 Å². The number of phenolic OH excluding ortho intramolecular Hbond substituents is 1. The third-order valence-corrected chi connectivity index (χ3v) is 5.64. The lowest BCUT2D eigenvalue weighted by atomic mass is 9.99. The molecular weight excluding hydrogens is 388 g/mol. The molecule has 1 aromatic carbocycles. The highest BCUT2D eigenvalue weighted by molar-refractivity contribution is 5.73. The minimum atomic E-state index is -4.54. The number of likely N-dealkylation sites (N-methyl/N-ethyl adjacent to an activating group) is 1. The molecule has 2 atom stereocenters. The van der Waals surface area contributed by atoms with Crippen LogP contribution in [0.1, 0.15) is 23.1 Å². The van der Waals surface area contributed by atoms with Crippen LogP contribution in [-0.2, 0) is 12.6 Å². The Hall–Kier alpha value is -2.42. The zero-order chi connectivity index (χ0) is 20.9. The quantitative estimate of drug-likeness (QED) is 0.767. The Balaban J connectivity index is 1.65. The van der Waals surface area contributed by atoms with Crippen LogP contribution in [0.4, 0.5) is 23.4 Å². The minimum absolute atomic E-state index is 0.00589. The van der Waals surface area contributed by atoms with Crippen LogP contribution >= 0.6 is 0 Å². The number of likely N-dealkylation sites (tertiary alicyclic amines) is 1. The van der Waals surface area contributed by atoms with Gasteiger partial charge in [-0.05, 0) is 44.2 Å². The monoisotopic (exact) mass is 410 g/mol. The molecule has 9 heteroatoms. The van der Waals surface area contributed by atoms with Crippen LogP contribution in [0.15, 0.2) is 18.2 Å². The molecule has 156 valence electrons. The molecule has 0 saturated carbocycles. The topological polar surface area (TPSA) is 52.5 Å². The van der Waals surface area contributed by atoms with Gasteiger partial charge in [0.25, 0.3) is 0 Å². The van der Waals surface area contributed by atoms with Crippen molar-refractivity contribution in [3.8, 4) is 17.0 Å². The minimum Gasteiger partial charge on any atom is -0.507 e. The second kappa shape index (κ2) is 7.12. The summed E-state index contributed by atoms with van der Waals surface area (Å²) >= 11 is 0. The summed E-state index contributed by atoms with van der Waals surface area (Å²) in [6.07, 6.45) is -4.30. The number of aromatic hydroxyl groups is 1. The first-order valence-electron chi connectivity index (χ1n) is 9.50. The Kier molecular flexibility index (Phi) is 4.88. The van der Waals surface area contributed by atoms with E-state index >= 15 is 0 Å². The number of phenols is 1. The molecule has 2 aliphatic heterocycles. The van der Waals surface area contributed by atoms with Gasteiger partial charge in [-0.15, -0.1) is 10.2 Å². The number of aromatic nitrogens is 2. The van der Waals surface area contributed by atoms with Gasteiger partial charge in [0.05, 0.1) is 11.3 Å². The third-order valence-electron chi connectivity index (χ3n) is 5.64. The van der Waals surface area contributed by atoms with Crippen LogP contribution in [0.3, 0.4) is 0 Å². The summed E-state index contributed by atoms with van der Waals surface area (Å²) in [5, 5.41) is 18.7. The number of halogens is 4. The summed E-state index contributed by atoms with van der Waals surface area (Å²) in [4.78, 5) is 4.02. The van der Waals surface area contributed by atoms with Crippen molar-refractivity contribution in [1.82, 2.24) is 15.1 Å². The molecule has 29 heavy (non-hydrogen) atoms. The molecule has 5 nitrogen and oxygen atoms in total. The molecule has 0 bridgehead atoms. The average Bonchev–Trinajstić information content (AvgIpc) is 3.03. The van der Waals surface area contributed by atoms with Gasteiger partial charge in [-0.1, -0.05) is 0 Å². The van der Waals surface area contributed by atoms with Crippen molar-refractivity contribution in [3.63, 3.8) is 0 Å². The number of aryl methyl sites for hydroxylation is 1. The summed E-state index contributed by atoms with van der Waals surface area (Å²) < 4.78 is 52.9. The Morgan fingerprint density at radius 1 is 1.14 bits per heavy atom. The van der Waals surface area contributed by atoms with Crippen LogP contribution in [0.5, 0.6) is 5.75 Å². The Morgan fingerprint density at radius 3 is 2.55 bits per heavy atom. The maximum absolute atomic E-state index is 14.0. The third kappa shape index (κ3) is 3.75. The van der Waals surface area contributed by atoms with E-state index in [2.05, 4.69) is 15.1 Å². The van der Waals surface area contributed by atoms with Crippen LogP contribution < -0.4 is 4.90 Å². The maximum Gasteiger partial charge on any atom is 0.416 e. The van der Waals surface area contributed by atoms with Crippen LogP contribution in [0, 0.1) is 6.92 Å². The van der Waals surface area contributed by atoms with Gasteiger partial charge in [-0.25, -0.2) is 4.39 Å². The normalized spacial score (nSPS) is 22.8. The molecule has 1 saturated heterocycles. The van der Waals surface area contributed by atoms with Gasteiger partial charge >= 0.3 is 6.18 Å². The Bertz CT molecular complexity index is 900. The van der Waals surface area contributed by atoms with E-state index < -0.39 is 23.7 Å². The predicted molar refractivity (Wildman–Crippen MR) is 101 cm³/mol. The van der Waals surface area contributed by atoms with Crippen molar-refractivity contribution >= 4 is 5.82 Å². The smallest absolute Gasteiger partial charge is 0.416 e.